The summed E-state index contributed by atoms with van der Waals surface area (Å²) in [6.07, 6.45) is 0. The number of phenolic OH excluding ortho intramolecular Hbond substituents is 1. The van der Waals surface area contributed by atoms with Gasteiger partial charge in [0, 0.05) is 0 Å². The number of carbonyl (C=O) groups excluding carboxylic acids is 1. The lowest BCUT2D eigenvalue weighted by molar-refractivity contribution is 0.0735. The minimum atomic E-state index is -0.461. The number of carbonyl (C=O) groups is 1. The van der Waals surface area contributed by atoms with Crippen LogP contribution < -0.4 is 4.74 Å². The fourth-order valence-corrected chi connectivity index (χ4v) is 2.22. The maximum atomic E-state index is 12.1. The third-order valence-electron chi connectivity index (χ3n) is 3.52. The summed E-state index contributed by atoms with van der Waals surface area (Å²) in [4.78, 5) is 12.1. The molecule has 4 heteroatoms. The number of nitriles is 1. The number of esters is 1. The van der Waals surface area contributed by atoms with Crippen LogP contribution in [0.2, 0.25) is 0 Å². The van der Waals surface area contributed by atoms with Gasteiger partial charge in [-0.25, -0.2) is 4.79 Å². The van der Waals surface area contributed by atoms with Crippen LogP contribution in [-0.4, -0.2) is 11.1 Å². The van der Waals surface area contributed by atoms with Crippen molar-refractivity contribution in [2.45, 2.75) is 0 Å². The van der Waals surface area contributed by atoms with Gasteiger partial charge in [0.05, 0.1) is 17.2 Å². The molecule has 0 radical (unpaired) electrons. The lowest BCUT2D eigenvalue weighted by Gasteiger charge is -2.06. The van der Waals surface area contributed by atoms with E-state index < -0.39 is 5.97 Å². The van der Waals surface area contributed by atoms with E-state index in [1.807, 2.05) is 18.2 Å². The second-order valence-corrected chi connectivity index (χ2v) is 5.15. The van der Waals surface area contributed by atoms with Gasteiger partial charge in [0.1, 0.15) is 11.5 Å². The van der Waals surface area contributed by atoms with Crippen LogP contribution >= 0.6 is 0 Å². The standard InChI is InChI=1S/C20H13NO3/c21-13-14-1-11-19(12-2-14)24-20(23)17-5-3-15(4-6-17)16-7-9-18(22)10-8-16/h1-12,22H. The molecule has 1 N–H and O–H groups in total. The number of hydrogen-bond acceptors (Lipinski definition) is 4. The Kier molecular flexibility index (Phi) is 4.26. The maximum absolute atomic E-state index is 12.1. The molecule has 0 atom stereocenters. The number of aromatic hydroxyl groups is 1. The highest BCUT2D eigenvalue weighted by Crippen LogP contribution is 2.22. The number of rotatable bonds is 3. The summed E-state index contributed by atoms with van der Waals surface area (Å²) in [7, 11) is 0. The van der Waals surface area contributed by atoms with Gasteiger partial charge in [0.15, 0.2) is 0 Å². The lowest BCUT2D eigenvalue weighted by Crippen LogP contribution is -2.08. The van der Waals surface area contributed by atoms with Crippen LogP contribution in [0.1, 0.15) is 15.9 Å². The van der Waals surface area contributed by atoms with Crippen LogP contribution in [0.4, 0.5) is 0 Å². The summed E-state index contributed by atoms with van der Waals surface area (Å²) >= 11 is 0. The highest BCUT2D eigenvalue weighted by atomic mass is 16.5. The highest BCUT2D eigenvalue weighted by Gasteiger charge is 2.09. The van der Waals surface area contributed by atoms with Gasteiger partial charge in [0.2, 0.25) is 0 Å². The molecule has 0 amide bonds. The number of benzene rings is 3. The van der Waals surface area contributed by atoms with Crippen LogP contribution in [0.15, 0.2) is 72.8 Å². The van der Waals surface area contributed by atoms with E-state index in [4.69, 9.17) is 10.00 Å². The fourth-order valence-electron chi connectivity index (χ4n) is 2.22. The van der Waals surface area contributed by atoms with Crippen molar-refractivity contribution in [1.29, 1.82) is 5.26 Å². The fraction of sp³-hybridized carbons (Fsp3) is 0. The van der Waals surface area contributed by atoms with Gasteiger partial charge in [0.25, 0.3) is 0 Å². The van der Waals surface area contributed by atoms with Gasteiger partial charge in [-0.15, -0.1) is 0 Å². The van der Waals surface area contributed by atoms with Crippen molar-refractivity contribution in [2.75, 3.05) is 0 Å². The van der Waals surface area contributed by atoms with Gasteiger partial charge < -0.3 is 9.84 Å². The molecule has 0 aromatic heterocycles. The van der Waals surface area contributed by atoms with Crippen molar-refractivity contribution in [2.24, 2.45) is 0 Å². The molecule has 0 saturated carbocycles. The number of hydrogen-bond donors (Lipinski definition) is 1. The molecule has 0 aliphatic heterocycles. The van der Waals surface area contributed by atoms with Crippen LogP contribution in [0.25, 0.3) is 11.1 Å². The lowest BCUT2D eigenvalue weighted by atomic mass is 10.0. The Morgan fingerprint density at radius 2 is 1.38 bits per heavy atom. The van der Waals surface area contributed by atoms with Crippen LogP contribution in [0, 0.1) is 11.3 Å². The van der Waals surface area contributed by atoms with Gasteiger partial charge in [-0.1, -0.05) is 24.3 Å². The topological polar surface area (TPSA) is 70.3 Å². The molecule has 116 valence electrons. The van der Waals surface area contributed by atoms with Crippen molar-refractivity contribution in [3.63, 3.8) is 0 Å². The first-order valence-electron chi connectivity index (χ1n) is 7.27. The molecule has 3 aromatic rings. The molecule has 24 heavy (non-hydrogen) atoms. The Bertz CT molecular complexity index is 890. The van der Waals surface area contributed by atoms with E-state index in [2.05, 4.69) is 0 Å². The molecule has 0 fully saturated rings. The minimum Gasteiger partial charge on any atom is -0.508 e. The van der Waals surface area contributed by atoms with Crippen LogP contribution in [0.3, 0.4) is 0 Å². The van der Waals surface area contributed by atoms with E-state index in [0.717, 1.165) is 11.1 Å². The summed E-state index contributed by atoms with van der Waals surface area (Å²) in [5, 5.41) is 18.1. The summed E-state index contributed by atoms with van der Waals surface area (Å²) in [5.74, 6) is 0.139. The van der Waals surface area contributed by atoms with Crippen molar-refractivity contribution in [3.8, 4) is 28.7 Å². The molecule has 0 spiro atoms. The third kappa shape index (κ3) is 3.42. The Labute approximate surface area is 139 Å². The predicted octanol–water partition coefficient (Wildman–Crippen LogP) is 4.15. The number of phenols is 1. The zero-order valence-corrected chi connectivity index (χ0v) is 12.6. The quantitative estimate of drug-likeness (QED) is 0.582. The van der Waals surface area contributed by atoms with E-state index >= 15 is 0 Å². The number of ether oxygens (including phenoxy) is 1. The summed E-state index contributed by atoms with van der Waals surface area (Å²) < 4.78 is 5.28. The largest absolute Gasteiger partial charge is 0.508 e. The smallest absolute Gasteiger partial charge is 0.343 e. The van der Waals surface area contributed by atoms with Gasteiger partial charge in [-0.3, -0.25) is 0 Å². The first kappa shape index (κ1) is 15.3. The van der Waals surface area contributed by atoms with E-state index in [9.17, 15) is 9.90 Å². The van der Waals surface area contributed by atoms with E-state index in [1.54, 1.807) is 60.7 Å². The molecule has 3 aromatic carbocycles. The second-order valence-electron chi connectivity index (χ2n) is 5.15. The van der Waals surface area contributed by atoms with Gasteiger partial charge >= 0.3 is 5.97 Å². The molecule has 0 unspecified atom stereocenters. The van der Waals surface area contributed by atoms with Gasteiger partial charge in [-0.05, 0) is 59.7 Å². The van der Waals surface area contributed by atoms with Crippen molar-refractivity contribution in [3.05, 3.63) is 83.9 Å². The molecule has 0 heterocycles. The van der Waals surface area contributed by atoms with Crippen LogP contribution in [-0.2, 0) is 0 Å². The first-order chi connectivity index (χ1) is 11.7. The monoisotopic (exact) mass is 315 g/mol. The third-order valence-corrected chi connectivity index (χ3v) is 3.52. The predicted molar refractivity (Wildman–Crippen MR) is 89.7 cm³/mol. The SMILES string of the molecule is N#Cc1ccc(OC(=O)c2ccc(-c3ccc(O)cc3)cc2)cc1. The summed E-state index contributed by atoms with van der Waals surface area (Å²) in [6.45, 7) is 0. The minimum absolute atomic E-state index is 0.210. The number of nitrogens with zero attached hydrogens (tertiary/aromatic N) is 1. The molecule has 0 saturated heterocycles. The Balaban J connectivity index is 1.73. The molecule has 0 aliphatic carbocycles. The van der Waals surface area contributed by atoms with Crippen molar-refractivity contribution < 1.29 is 14.6 Å². The maximum Gasteiger partial charge on any atom is 0.343 e. The van der Waals surface area contributed by atoms with E-state index in [0.29, 0.717) is 16.9 Å². The van der Waals surface area contributed by atoms with E-state index in [1.165, 1.54) is 0 Å². The molecule has 0 bridgehead atoms. The molecule has 0 aliphatic rings. The zero-order chi connectivity index (χ0) is 16.9. The second kappa shape index (κ2) is 6.67. The molecular formula is C20H13NO3. The molecule has 3 rings (SSSR count). The summed E-state index contributed by atoms with van der Waals surface area (Å²) in [6, 6.07) is 22.2. The van der Waals surface area contributed by atoms with E-state index in [-0.39, 0.29) is 5.75 Å². The Hall–Kier alpha value is -3.58. The first-order valence-corrected chi connectivity index (χ1v) is 7.27. The molecule has 4 nitrogen and oxygen atoms in total. The Morgan fingerprint density at radius 1 is 0.833 bits per heavy atom. The van der Waals surface area contributed by atoms with Crippen LogP contribution in [0.5, 0.6) is 11.5 Å². The van der Waals surface area contributed by atoms with Gasteiger partial charge in [-0.2, -0.15) is 5.26 Å². The van der Waals surface area contributed by atoms with Crippen molar-refractivity contribution in [1.82, 2.24) is 0 Å². The summed E-state index contributed by atoms with van der Waals surface area (Å²) in [5.41, 5.74) is 2.82. The highest BCUT2D eigenvalue weighted by molar-refractivity contribution is 5.91. The average Bonchev–Trinajstić information content (AvgIpc) is 2.63. The Morgan fingerprint density at radius 3 is 1.92 bits per heavy atom. The molecular weight excluding hydrogens is 302 g/mol. The normalized spacial score (nSPS) is 9.96. The van der Waals surface area contributed by atoms with Crippen molar-refractivity contribution >= 4 is 5.97 Å². The average molecular weight is 315 g/mol. The zero-order valence-electron chi connectivity index (χ0n) is 12.6.